The summed E-state index contributed by atoms with van der Waals surface area (Å²) in [5.41, 5.74) is 2.00. The van der Waals surface area contributed by atoms with Crippen LogP contribution in [0.3, 0.4) is 0 Å². The second kappa shape index (κ2) is 7.48. The summed E-state index contributed by atoms with van der Waals surface area (Å²) >= 11 is 0. The van der Waals surface area contributed by atoms with Crippen molar-refractivity contribution in [3.63, 3.8) is 0 Å². The van der Waals surface area contributed by atoms with Crippen LogP contribution in [0.25, 0.3) is 16.5 Å². The van der Waals surface area contributed by atoms with E-state index in [1.54, 1.807) is 6.33 Å². The van der Waals surface area contributed by atoms with Gasteiger partial charge in [-0.3, -0.25) is 0 Å². The van der Waals surface area contributed by atoms with E-state index in [9.17, 15) is 15.5 Å². The van der Waals surface area contributed by atoms with Gasteiger partial charge in [-0.15, -0.1) is 0 Å². The van der Waals surface area contributed by atoms with Gasteiger partial charge in [0.05, 0.1) is 28.9 Å². The van der Waals surface area contributed by atoms with Crippen LogP contribution in [0.15, 0.2) is 48.4 Å². The van der Waals surface area contributed by atoms with Gasteiger partial charge >= 0.3 is 0 Å². The highest BCUT2D eigenvalue weighted by molar-refractivity contribution is 5.84. The SMILES string of the molecule is CN(C)[C@H]1C[C@@]23CC[C@]4(O2)C2CC=C(c5ccc6ncncc6c5)[C@@]2(C)CCC4(C#N)C=C3[C@@H](O)[C@@H]1O. The zero-order chi connectivity index (χ0) is 25.8. The third-order valence-electron chi connectivity index (χ3n) is 10.8. The summed E-state index contributed by atoms with van der Waals surface area (Å²) in [5.74, 6) is 0.157. The summed E-state index contributed by atoms with van der Waals surface area (Å²) in [5, 5.41) is 34.0. The van der Waals surface area contributed by atoms with Crippen LogP contribution < -0.4 is 0 Å². The number of hydrogen-bond acceptors (Lipinski definition) is 7. The molecule has 5 aliphatic rings. The topological polar surface area (TPSA) is 102 Å². The van der Waals surface area contributed by atoms with E-state index >= 15 is 0 Å². The van der Waals surface area contributed by atoms with Crippen molar-refractivity contribution in [2.45, 2.75) is 74.9 Å². The second-order valence-corrected chi connectivity index (χ2v) is 12.5. The molecule has 2 spiro atoms. The van der Waals surface area contributed by atoms with Crippen LogP contribution in [0.2, 0.25) is 0 Å². The fraction of sp³-hybridized carbons (Fsp3) is 0.567. The Morgan fingerprint density at radius 1 is 1.16 bits per heavy atom. The molecule has 2 saturated carbocycles. The lowest BCUT2D eigenvalue weighted by atomic mass is 9.49. The Morgan fingerprint density at radius 2 is 2.00 bits per heavy atom. The summed E-state index contributed by atoms with van der Waals surface area (Å²) in [6.07, 6.45) is 10.5. The number of aliphatic hydroxyl groups is 2. The molecule has 7 rings (SSSR count). The maximum atomic E-state index is 11.3. The van der Waals surface area contributed by atoms with E-state index in [0.717, 1.165) is 42.2 Å². The lowest BCUT2D eigenvalue weighted by Crippen LogP contribution is -2.66. The molecular formula is C30H34N4O3. The Labute approximate surface area is 217 Å². The summed E-state index contributed by atoms with van der Waals surface area (Å²) in [6.45, 7) is 2.36. The average molecular weight is 499 g/mol. The minimum atomic E-state index is -1.02. The lowest BCUT2D eigenvalue weighted by molar-refractivity contribution is -0.223. The minimum absolute atomic E-state index is 0.131. The van der Waals surface area contributed by atoms with Gasteiger partial charge in [-0.05, 0) is 86.9 Å². The molecule has 1 saturated heterocycles. The number of hydrogen-bond donors (Lipinski definition) is 2. The molecule has 3 aliphatic carbocycles. The first-order chi connectivity index (χ1) is 17.7. The molecule has 2 N–H and O–H groups in total. The molecule has 3 heterocycles. The van der Waals surface area contributed by atoms with Crippen LogP contribution in [0, 0.1) is 28.1 Å². The van der Waals surface area contributed by atoms with Crippen LogP contribution in [0.5, 0.6) is 0 Å². The molecule has 8 atom stereocenters. The summed E-state index contributed by atoms with van der Waals surface area (Å²) in [6, 6.07) is 8.91. The average Bonchev–Trinajstić information content (AvgIpc) is 3.42. The molecule has 7 nitrogen and oxygen atoms in total. The Balaban J connectivity index is 1.32. The number of allylic oxidation sites excluding steroid dienone is 2. The smallest absolute Gasteiger partial charge is 0.116 e. The van der Waals surface area contributed by atoms with Gasteiger partial charge in [-0.25, -0.2) is 9.97 Å². The Kier molecular flexibility index (Phi) is 4.75. The van der Waals surface area contributed by atoms with Gasteiger partial charge in [0.2, 0.25) is 0 Å². The predicted octanol–water partition coefficient (Wildman–Crippen LogP) is 3.63. The molecule has 2 unspecified atom stereocenters. The molecule has 1 aromatic carbocycles. The Hall–Kier alpha value is -2.63. The van der Waals surface area contributed by atoms with E-state index in [2.05, 4.69) is 47.2 Å². The molecule has 1 aromatic heterocycles. The van der Waals surface area contributed by atoms with Crippen LogP contribution in [-0.4, -0.2) is 68.6 Å². The molecule has 2 aliphatic heterocycles. The number of aromatic nitrogens is 2. The van der Waals surface area contributed by atoms with Gasteiger partial charge in [-0.1, -0.05) is 25.1 Å². The number of ether oxygens (including phenoxy) is 1. The van der Waals surface area contributed by atoms with Crippen LogP contribution in [0.1, 0.15) is 51.0 Å². The number of aliphatic hydroxyl groups excluding tert-OH is 2. The minimum Gasteiger partial charge on any atom is -0.388 e. The predicted molar refractivity (Wildman–Crippen MR) is 139 cm³/mol. The summed E-state index contributed by atoms with van der Waals surface area (Å²) < 4.78 is 7.27. The molecule has 0 radical (unpaired) electrons. The van der Waals surface area contributed by atoms with Gasteiger partial charge in [-0.2, -0.15) is 5.26 Å². The van der Waals surface area contributed by atoms with Crippen molar-refractivity contribution in [2.24, 2.45) is 16.7 Å². The van der Waals surface area contributed by atoms with E-state index in [1.165, 1.54) is 11.1 Å². The van der Waals surface area contributed by atoms with E-state index in [-0.39, 0.29) is 17.4 Å². The molecule has 192 valence electrons. The first kappa shape index (κ1) is 23.5. The third kappa shape index (κ3) is 2.80. The highest BCUT2D eigenvalue weighted by atomic mass is 16.5. The summed E-state index contributed by atoms with van der Waals surface area (Å²) in [7, 11) is 3.89. The molecule has 37 heavy (non-hydrogen) atoms. The fourth-order valence-electron chi connectivity index (χ4n) is 8.84. The van der Waals surface area contributed by atoms with Crippen molar-refractivity contribution in [3.05, 3.63) is 54.0 Å². The molecule has 2 aromatic rings. The number of likely N-dealkylation sites (N-methyl/N-ethyl adjacent to an activating group) is 1. The maximum absolute atomic E-state index is 11.3. The van der Waals surface area contributed by atoms with Gasteiger partial charge in [0, 0.05) is 23.5 Å². The van der Waals surface area contributed by atoms with Crippen molar-refractivity contribution in [3.8, 4) is 6.07 Å². The lowest BCUT2D eigenvalue weighted by Gasteiger charge is -2.61. The third-order valence-corrected chi connectivity index (χ3v) is 10.8. The monoisotopic (exact) mass is 498 g/mol. The molecule has 7 heteroatoms. The fourth-order valence-corrected chi connectivity index (χ4v) is 8.84. The molecule has 0 amide bonds. The van der Waals surface area contributed by atoms with Crippen molar-refractivity contribution in [2.75, 3.05) is 14.1 Å². The van der Waals surface area contributed by atoms with E-state index < -0.39 is 28.8 Å². The van der Waals surface area contributed by atoms with Gasteiger partial charge in [0.25, 0.3) is 0 Å². The molecular weight excluding hydrogens is 464 g/mol. The molecule has 3 fully saturated rings. The van der Waals surface area contributed by atoms with Crippen molar-refractivity contribution in [1.29, 1.82) is 5.26 Å². The zero-order valence-electron chi connectivity index (χ0n) is 21.7. The number of fused-ring (bicyclic) bond motifs is 2. The van der Waals surface area contributed by atoms with Crippen LogP contribution in [0.4, 0.5) is 0 Å². The van der Waals surface area contributed by atoms with E-state index in [4.69, 9.17) is 4.74 Å². The largest absolute Gasteiger partial charge is 0.388 e. The highest BCUT2D eigenvalue weighted by Crippen LogP contribution is 2.72. The zero-order valence-corrected chi connectivity index (χ0v) is 21.7. The highest BCUT2D eigenvalue weighted by Gasteiger charge is 2.74. The number of benzene rings is 1. The van der Waals surface area contributed by atoms with Crippen LogP contribution in [-0.2, 0) is 4.74 Å². The molecule has 2 bridgehead atoms. The first-order valence-electron chi connectivity index (χ1n) is 13.5. The van der Waals surface area contributed by atoms with Gasteiger partial charge in [0.15, 0.2) is 0 Å². The normalized spacial score (nSPS) is 44.0. The maximum Gasteiger partial charge on any atom is 0.116 e. The first-order valence-corrected chi connectivity index (χ1v) is 13.5. The van der Waals surface area contributed by atoms with Crippen molar-refractivity contribution >= 4 is 16.5 Å². The second-order valence-electron chi connectivity index (χ2n) is 12.5. The van der Waals surface area contributed by atoms with Crippen molar-refractivity contribution < 1.29 is 14.9 Å². The van der Waals surface area contributed by atoms with Crippen molar-refractivity contribution in [1.82, 2.24) is 14.9 Å². The van der Waals surface area contributed by atoms with E-state index in [1.807, 2.05) is 31.3 Å². The number of nitrogens with zero attached hydrogens (tertiary/aromatic N) is 4. The standard InChI is InChI=1S/C30H34N4O3/c1-27-8-9-28(16-31)13-21-25(35)26(36)23(34(2)3)14-29(21)10-11-30(28,37-29)24(27)7-5-20(27)18-4-6-22-19(12-18)15-32-17-33-22/h4-6,12-13,15,17,23-26,35-36H,7-11,14H2,1-3H3/t23-,24?,25+,26+,27+,28?,29+,30-/m0/s1. The quantitative estimate of drug-likeness (QED) is 0.610. The number of rotatable bonds is 2. The Morgan fingerprint density at radius 3 is 2.78 bits per heavy atom. The number of nitriles is 1. The van der Waals surface area contributed by atoms with E-state index in [0.29, 0.717) is 12.8 Å². The van der Waals surface area contributed by atoms with Crippen LogP contribution >= 0.6 is 0 Å². The van der Waals surface area contributed by atoms with Gasteiger partial charge < -0.3 is 19.8 Å². The van der Waals surface area contributed by atoms with Gasteiger partial charge in [0.1, 0.15) is 17.8 Å². The Bertz CT molecular complexity index is 1410. The summed E-state index contributed by atoms with van der Waals surface area (Å²) in [4.78, 5) is 10.6.